The van der Waals surface area contributed by atoms with Gasteiger partial charge in [-0.1, -0.05) is 18.2 Å². The normalized spacial score (nSPS) is 19.1. The zero-order chi connectivity index (χ0) is 14.1. The molecule has 1 saturated heterocycles. The zero-order valence-corrected chi connectivity index (χ0v) is 12.5. The van der Waals surface area contributed by atoms with E-state index in [-0.39, 0.29) is 0 Å². The number of piperidine rings is 1. The number of hydrogen-bond acceptors (Lipinski definition) is 3. The number of aromatic nitrogens is 1. The molecule has 1 saturated carbocycles. The predicted molar refractivity (Wildman–Crippen MR) is 87.7 cm³/mol. The highest BCUT2D eigenvalue weighted by atomic mass is 15.1. The highest BCUT2D eigenvalue weighted by molar-refractivity contribution is 5.92. The monoisotopic (exact) mass is 281 g/mol. The van der Waals surface area contributed by atoms with E-state index in [0.29, 0.717) is 0 Å². The Morgan fingerprint density at radius 1 is 1.10 bits per heavy atom. The van der Waals surface area contributed by atoms with Crippen LogP contribution < -0.4 is 10.2 Å². The quantitative estimate of drug-likeness (QED) is 0.930. The molecule has 1 aliphatic heterocycles. The molecule has 1 aromatic heterocycles. The molecule has 0 spiro atoms. The Bertz CT molecular complexity index is 627. The maximum absolute atomic E-state index is 4.84. The molecule has 1 aromatic carbocycles. The van der Waals surface area contributed by atoms with E-state index in [1.54, 1.807) is 0 Å². The van der Waals surface area contributed by atoms with E-state index in [1.165, 1.54) is 62.0 Å². The van der Waals surface area contributed by atoms with Crippen LogP contribution in [0.15, 0.2) is 30.3 Å². The Morgan fingerprint density at radius 3 is 2.71 bits per heavy atom. The minimum Gasteiger partial charge on any atom is -0.371 e. The first kappa shape index (κ1) is 13.1. The molecule has 1 N–H and O–H groups in total. The van der Waals surface area contributed by atoms with Gasteiger partial charge in [0.05, 0.1) is 11.2 Å². The lowest BCUT2D eigenvalue weighted by Crippen LogP contribution is -2.30. The predicted octanol–water partition coefficient (Wildman–Crippen LogP) is 3.48. The summed E-state index contributed by atoms with van der Waals surface area (Å²) in [6.07, 6.45) is 6.65. The molecule has 21 heavy (non-hydrogen) atoms. The summed E-state index contributed by atoms with van der Waals surface area (Å²) in [5.41, 5.74) is 3.70. The SMILES string of the molecule is c1ccc2c(N3CCCCC3)cc(CNC3CC3)nc2c1. The van der Waals surface area contributed by atoms with Crippen LogP contribution in [0.1, 0.15) is 37.8 Å². The fraction of sp³-hybridized carbons (Fsp3) is 0.500. The van der Waals surface area contributed by atoms with Gasteiger partial charge in [-0.2, -0.15) is 0 Å². The number of anilines is 1. The Labute approximate surface area is 126 Å². The largest absolute Gasteiger partial charge is 0.371 e. The summed E-state index contributed by atoms with van der Waals surface area (Å²) in [4.78, 5) is 7.39. The molecule has 0 amide bonds. The van der Waals surface area contributed by atoms with Crippen LogP contribution in [-0.2, 0) is 6.54 Å². The van der Waals surface area contributed by atoms with Crippen molar-refractivity contribution in [3.63, 3.8) is 0 Å². The number of rotatable bonds is 4. The van der Waals surface area contributed by atoms with Crippen molar-refractivity contribution in [1.82, 2.24) is 10.3 Å². The third-order valence-corrected chi connectivity index (χ3v) is 4.59. The molecule has 0 bridgehead atoms. The molecule has 4 rings (SSSR count). The van der Waals surface area contributed by atoms with Gasteiger partial charge in [0, 0.05) is 36.7 Å². The molecule has 2 aromatic rings. The maximum atomic E-state index is 4.84. The van der Waals surface area contributed by atoms with Gasteiger partial charge in [0.25, 0.3) is 0 Å². The van der Waals surface area contributed by atoms with Crippen molar-refractivity contribution in [2.24, 2.45) is 0 Å². The molecule has 0 unspecified atom stereocenters. The number of benzene rings is 1. The topological polar surface area (TPSA) is 28.2 Å². The van der Waals surface area contributed by atoms with Crippen molar-refractivity contribution in [2.75, 3.05) is 18.0 Å². The standard InChI is InChI=1S/C18H23N3/c1-4-10-21(11-5-1)18-12-15(13-19-14-8-9-14)20-17-7-3-2-6-16(17)18/h2-3,6-7,12,14,19H,1,4-5,8-11,13H2. The smallest absolute Gasteiger partial charge is 0.0726 e. The summed E-state index contributed by atoms with van der Waals surface area (Å²) in [5.74, 6) is 0. The average molecular weight is 281 g/mol. The van der Waals surface area contributed by atoms with E-state index in [9.17, 15) is 0 Å². The molecule has 2 fully saturated rings. The van der Waals surface area contributed by atoms with Crippen molar-refractivity contribution < 1.29 is 0 Å². The van der Waals surface area contributed by atoms with Crippen molar-refractivity contribution in [2.45, 2.75) is 44.7 Å². The van der Waals surface area contributed by atoms with Gasteiger partial charge in [0.2, 0.25) is 0 Å². The summed E-state index contributed by atoms with van der Waals surface area (Å²) < 4.78 is 0. The van der Waals surface area contributed by atoms with E-state index >= 15 is 0 Å². The second-order valence-electron chi connectivity index (χ2n) is 6.35. The van der Waals surface area contributed by atoms with Gasteiger partial charge in [0.15, 0.2) is 0 Å². The number of para-hydroxylation sites is 1. The molecular weight excluding hydrogens is 258 g/mol. The fourth-order valence-electron chi connectivity index (χ4n) is 3.23. The molecule has 3 heteroatoms. The number of fused-ring (bicyclic) bond motifs is 1. The van der Waals surface area contributed by atoms with Crippen LogP contribution in [0.25, 0.3) is 10.9 Å². The van der Waals surface area contributed by atoms with Gasteiger partial charge in [-0.15, -0.1) is 0 Å². The summed E-state index contributed by atoms with van der Waals surface area (Å²) in [7, 11) is 0. The number of nitrogens with zero attached hydrogens (tertiary/aromatic N) is 2. The molecule has 110 valence electrons. The molecule has 0 atom stereocenters. The van der Waals surface area contributed by atoms with Crippen molar-refractivity contribution in [1.29, 1.82) is 0 Å². The minimum absolute atomic E-state index is 0.733. The van der Waals surface area contributed by atoms with Gasteiger partial charge in [-0.25, -0.2) is 0 Å². The summed E-state index contributed by atoms with van der Waals surface area (Å²) in [5, 5.41) is 4.89. The minimum atomic E-state index is 0.733. The third-order valence-electron chi connectivity index (χ3n) is 4.59. The molecule has 2 aliphatic rings. The lowest BCUT2D eigenvalue weighted by Gasteiger charge is -2.30. The van der Waals surface area contributed by atoms with Crippen LogP contribution in [0.4, 0.5) is 5.69 Å². The highest BCUT2D eigenvalue weighted by Crippen LogP contribution is 2.29. The van der Waals surface area contributed by atoms with Gasteiger partial charge >= 0.3 is 0 Å². The summed E-state index contributed by atoms with van der Waals surface area (Å²) in [6, 6.07) is 11.6. The van der Waals surface area contributed by atoms with E-state index in [4.69, 9.17) is 4.98 Å². The Morgan fingerprint density at radius 2 is 1.90 bits per heavy atom. The van der Waals surface area contributed by atoms with Gasteiger partial charge in [-0.3, -0.25) is 4.98 Å². The second kappa shape index (κ2) is 5.64. The molecule has 1 aliphatic carbocycles. The Hall–Kier alpha value is -1.61. The lowest BCUT2D eigenvalue weighted by molar-refractivity contribution is 0.578. The van der Waals surface area contributed by atoms with Crippen LogP contribution in [0.2, 0.25) is 0 Å². The van der Waals surface area contributed by atoms with Crippen molar-refractivity contribution in [3.8, 4) is 0 Å². The first-order valence-electron chi connectivity index (χ1n) is 8.27. The average Bonchev–Trinajstić information content (AvgIpc) is 3.37. The Kier molecular flexibility index (Phi) is 3.52. The highest BCUT2D eigenvalue weighted by Gasteiger charge is 2.21. The molecule has 0 radical (unpaired) electrons. The van der Waals surface area contributed by atoms with Gasteiger partial charge in [0.1, 0.15) is 0 Å². The molecule has 3 nitrogen and oxygen atoms in total. The van der Waals surface area contributed by atoms with Crippen molar-refractivity contribution >= 4 is 16.6 Å². The van der Waals surface area contributed by atoms with E-state index < -0.39 is 0 Å². The molecule has 2 heterocycles. The Balaban J connectivity index is 1.70. The van der Waals surface area contributed by atoms with Crippen LogP contribution in [0.3, 0.4) is 0 Å². The van der Waals surface area contributed by atoms with Crippen LogP contribution >= 0.6 is 0 Å². The van der Waals surface area contributed by atoms with E-state index in [2.05, 4.69) is 40.5 Å². The zero-order valence-electron chi connectivity index (χ0n) is 12.5. The first-order chi connectivity index (χ1) is 10.4. The van der Waals surface area contributed by atoms with Crippen molar-refractivity contribution in [3.05, 3.63) is 36.0 Å². The van der Waals surface area contributed by atoms with Crippen LogP contribution in [0.5, 0.6) is 0 Å². The van der Waals surface area contributed by atoms with E-state index in [0.717, 1.165) is 18.1 Å². The number of nitrogens with one attached hydrogen (secondary N) is 1. The second-order valence-corrected chi connectivity index (χ2v) is 6.35. The van der Waals surface area contributed by atoms with Gasteiger partial charge in [-0.05, 0) is 44.2 Å². The summed E-state index contributed by atoms with van der Waals surface area (Å²) in [6.45, 7) is 3.27. The molecular formula is C18H23N3. The number of hydrogen-bond donors (Lipinski definition) is 1. The van der Waals surface area contributed by atoms with Crippen LogP contribution in [-0.4, -0.2) is 24.1 Å². The van der Waals surface area contributed by atoms with E-state index in [1.807, 2.05) is 0 Å². The first-order valence-corrected chi connectivity index (χ1v) is 8.27. The fourth-order valence-corrected chi connectivity index (χ4v) is 3.23. The van der Waals surface area contributed by atoms with Gasteiger partial charge < -0.3 is 10.2 Å². The third kappa shape index (κ3) is 2.88. The van der Waals surface area contributed by atoms with Crippen LogP contribution in [0, 0.1) is 0 Å². The maximum Gasteiger partial charge on any atom is 0.0726 e. The number of pyridine rings is 1. The lowest BCUT2D eigenvalue weighted by atomic mass is 10.1. The summed E-state index contributed by atoms with van der Waals surface area (Å²) >= 11 is 0.